The molecule has 0 spiro atoms. The van der Waals surface area contributed by atoms with E-state index >= 15 is 0 Å². The maximum atomic E-state index is 5.15. The van der Waals surface area contributed by atoms with Crippen molar-refractivity contribution >= 4 is 44.2 Å². The molecule has 1 aromatic heterocycles. The van der Waals surface area contributed by atoms with Crippen molar-refractivity contribution in [3.63, 3.8) is 0 Å². The van der Waals surface area contributed by atoms with E-state index in [1.54, 1.807) is 0 Å². The fourth-order valence-electron chi connectivity index (χ4n) is 6.14. The number of amidine groups is 2. The molecule has 0 saturated heterocycles. The lowest BCUT2D eigenvalue weighted by Crippen LogP contribution is -2.35. The van der Waals surface area contributed by atoms with Crippen molar-refractivity contribution in [2.24, 2.45) is 9.98 Å². The molecule has 200 valence electrons. The molecule has 4 heteroatoms. The van der Waals surface area contributed by atoms with E-state index in [9.17, 15) is 0 Å². The van der Waals surface area contributed by atoms with E-state index in [-0.39, 0.29) is 6.17 Å². The molecule has 0 fully saturated rings. The molecule has 0 bridgehead atoms. The summed E-state index contributed by atoms with van der Waals surface area (Å²) in [6, 6.07) is 51.3. The summed E-state index contributed by atoms with van der Waals surface area (Å²) in [7, 11) is 2.08. The Bertz CT molecular complexity index is 2140. The lowest BCUT2D eigenvalue weighted by atomic mass is 10.1. The Morgan fingerprint density at radius 3 is 1.90 bits per heavy atom. The molecule has 42 heavy (non-hydrogen) atoms. The molecule has 1 aliphatic heterocycles. The smallest absolute Gasteiger partial charge is 0.159 e. The van der Waals surface area contributed by atoms with Crippen molar-refractivity contribution in [3.05, 3.63) is 162 Å². The molecule has 1 aliphatic rings. The fourth-order valence-corrected chi connectivity index (χ4v) is 6.14. The monoisotopic (exact) mass is 540 g/mol. The lowest BCUT2D eigenvalue weighted by Gasteiger charge is -2.32. The molecule has 4 nitrogen and oxygen atoms in total. The van der Waals surface area contributed by atoms with Crippen LogP contribution in [0.2, 0.25) is 0 Å². The van der Waals surface area contributed by atoms with Crippen LogP contribution < -0.4 is 0 Å². The molecule has 7 aromatic rings. The van der Waals surface area contributed by atoms with Gasteiger partial charge < -0.3 is 9.47 Å². The number of fused-ring (bicyclic) bond motifs is 4. The number of para-hydroxylation sites is 1. The predicted molar refractivity (Wildman–Crippen MR) is 175 cm³/mol. The Kier molecular flexibility index (Phi) is 5.71. The van der Waals surface area contributed by atoms with Crippen molar-refractivity contribution in [3.8, 4) is 5.69 Å². The first kappa shape index (κ1) is 24.3. The molecular formula is C38H28N4. The number of hydrogen-bond donors (Lipinski definition) is 0. The molecule has 0 saturated carbocycles. The van der Waals surface area contributed by atoms with Crippen LogP contribution in [0.3, 0.4) is 0 Å². The summed E-state index contributed by atoms with van der Waals surface area (Å²) in [4.78, 5) is 12.3. The molecule has 1 atom stereocenters. The average Bonchev–Trinajstić information content (AvgIpc) is 3.38. The highest BCUT2D eigenvalue weighted by atomic mass is 15.3. The van der Waals surface area contributed by atoms with Crippen LogP contribution in [0.25, 0.3) is 38.3 Å². The largest absolute Gasteiger partial charge is 0.333 e. The maximum absolute atomic E-state index is 5.15. The third-order valence-corrected chi connectivity index (χ3v) is 8.21. The minimum absolute atomic E-state index is 0.205. The highest BCUT2D eigenvalue weighted by Crippen LogP contribution is 2.36. The number of aromatic nitrogens is 1. The summed E-state index contributed by atoms with van der Waals surface area (Å²) in [6.45, 7) is 0. The summed E-state index contributed by atoms with van der Waals surface area (Å²) in [5, 5.41) is 5.02. The number of aliphatic imine (C=N–C) groups is 2. The average molecular weight is 541 g/mol. The number of benzene rings is 6. The molecule has 0 aliphatic carbocycles. The van der Waals surface area contributed by atoms with Crippen LogP contribution in [-0.4, -0.2) is 28.2 Å². The van der Waals surface area contributed by atoms with Gasteiger partial charge in [0, 0.05) is 34.6 Å². The van der Waals surface area contributed by atoms with E-state index < -0.39 is 0 Å². The van der Waals surface area contributed by atoms with Crippen LogP contribution in [0.5, 0.6) is 0 Å². The molecule has 8 rings (SSSR count). The van der Waals surface area contributed by atoms with E-state index in [2.05, 4.69) is 138 Å². The van der Waals surface area contributed by atoms with Crippen molar-refractivity contribution in [2.75, 3.05) is 7.05 Å². The van der Waals surface area contributed by atoms with Gasteiger partial charge in [0.25, 0.3) is 0 Å². The predicted octanol–water partition coefficient (Wildman–Crippen LogP) is 8.77. The van der Waals surface area contributed by atoms with Gasteiger partial charge >= 0.3 is 0 Å². The van der Waals surface area contributed by atoms with Crippen LogP contribution in [0, 0.1) is 0 Å². The Morgan fingerprint density at radius 2 is 1.17 bits per heavy atom. The minimum Gasteiger partial charge on any atom is -0.333 e. The Labute approximate surface area is 244 Å². The SMILES string of the molecule is CN1C(c2ccccc2)=NC(c2ccccc2)=NC1c1ccc(-n2c3ccccc3c3cc4ccccc4cc32)cc1. The van der Waals surface area contributed by atoms with Crippen LogP contribution in [0.4, 0.5) is 0 Å². The van der Waals surface area contributed by atoms with Crippen molar-refractivity contribution in [1.29, 1.82) is 0 Å². The first-order valence-corrected chi connectivity index (χ1v) is 14.3. The van der Waals surface area contributed by atoms with Gasteiger partial charge in [-0.25, -0.2) is 9.98 Å². The third kappa shape index (κ3) is 4.00. The molecule has 0 N–H and O–H groups in total. The highest BCUT2D eigenvalue weighted by molar-refractivity contribution is 6.14. The van der Waals surface area contributed by atoms with Gasteiger partial charge in [0.05, 0.1) is 11.0 Å². The Balaban J connectivity index is 1.25. The summed E-state index contributed by atoms with van der Waals surface area (Å²) in [6.07, 6.45) is -0.205. The van der Waals surface area contributed by atoms with Gasteiger partial charge in [-0.3, -0.25) is 0 Å². The quantitative estimate of drug-likeness (QED) is 0.220. The Hall–Kier alpha value is -5.48. The summed E-state index contributed by atoms with van der Waals surface area (Å²) >= 11 is 0. The molecule has 0 radical (unpaired) electrons. The van der Waals surface area contributed by atoms with Crippen LogP contribution in [0.1, 0.15) is 22.9 Å². The maximum Gasteiger partial charge on any atom is 0.159 e. The van der Waals surface area contributed by atoms with Gasteiger partial charge in [0.15, 0.2) is 5.84 Å². The van der Waals surface area contributed by atoms with E-state index in [0.29, 0.717) is 0 Å². The van der Waals surface area contributed by atoms with Gasteiger partial charge in [-0.2, -0.15) is 0 Å². The summed E-state index contributed by atoms with van der Waals surface area (Å²) in [5.74, 6) is 1.66. The standard InChI is InChI=1S/C38H28N4/c1-41-37(27-14-6-3-7-15-27)39-36(26-12-4-2-5-13-26)40-38(41)28-20-22-31(23-21-28)42-34-19-11-10-18-32(34)33-24-29-16-8-9-17-30(29)25-35(33)42/h2-25,38H,1H3. The summed E-state index contributed by atoms with van der Waals surface area (Å²) in [5.41, 5.74) is 6.74. The fraction of sp³-hybridized carbons (Fsp3) is 0.0526. The zero-order valence-electron chi connectivity index (χ0n) is 23.2. The van der Waals surface area contributed by atoms with Gasteiger partial charge in [-0.05, 0) is 46.7 Å². The van der Waals surface area contributed by atoms with Crippen LogP contribution in [-0.2, 0) is 0 Å². The second kappa shape index (κ2) is 9.86. The van der Waals surface area contributed by atoms with Gasteiger partial charge in [0.1, 0.15) is 12.0 Å². The molecule has 0 amide bonds. The van der Waals surface area contributed by atoms with Crippen molar-refractivity contribution in [2.45, 2.75) is 6.17 Å². The first-order valence-electron chi connectivity index (χ1n) is 14.3. The van der Waals surface area contributed by atoms with Gasteiger partial charge in [0.2, 0.25) is 0 Å². The highest BCUT2D eigenvalue weighted by Gasteiger charge is 2.26. The topological polar surface area (TPSA) is 32.9 Å². The molecule has 1 unspecified atom stereocenters. The molecular weight excluding hydrogens is 512 g/mol. The Morgan fingerprint density at radius 1 is 0.548 bits per heavy atom. The van der Waals surface area contributed by atoms with Crippen molar-refractivity contribution in [1.82, 2.24) is 9.47 Å². The molecule has 2 heterocycles. The van der Waals surface area contributed by atoms with E-state index in [4.69, 9.17) is 9.98 Å². The van der Waals surface area contributed by atoms with Gasteiger partial charge in [-0.15, -0.1) is 0 Å². The first-order chi connectivity index (χ1) is 20.7. The van der Waals surface area contributed by atoms with Crippen LogP contribution in [0.15, 0.2) is 156 Å². The minimum atomic E-state index is -0.205. The van der Waals surface area contributed by atoms with E-state index in [0.717, 1.165) is 34.0 Å². The molecule has 6 aromatic carbocycles. The number of nitrogens with zero attached hydrogens (tertiary/aromatic N) is 4. The second-order valence-corrected chi connectivity index (χ2v) is 10.8. The number of rotatable bonds is 4. The zero-order valence-corrected chi connectivity index (χ0v) is 23.2. The van der Waals surface area contributed by atoms with Gasteiger partial charge in [-0.1, -0.05) is 115 Å². The zero-order chi connectivity index (χ0) is 28.0. The third-order valence-electron chi connectivity index (χ3n) is 8.21. The second-order valence-electron chi connectivity index (χ2n) is 10.8. The normalized spacial score (nSPS) is 15.3. The van der Waals surface area contributed by atoms with E-state index in [1.165, 1.54) is 32.6 Å². The van der Waals surface area contributed by atoms with E-state index in [1.807, 2.05) is 24.3 Å². The van der Waals surface area contributed by atoms with Crippen LogP contribution >= 0.6 is 0 Å². The summed E-state index contributed by atoms with van der Waals surface area (Å²) < 4.78 is 2.38. The van der Waals surface area contributed by atoms with Crippen molar-refractivity contribution < 1.29 is 0 Å². The number of hydrogen-bond acceptors (Lipinski definition) is 3. The lowest BCUT2D eigenvalue weighted by molar-refractivity contribution is 0.383.